The van der Waals surface area contributed by atoms with Crippen LogP contribution in [0.4, 0.5) is 0 Å². The number of rotatable bonds is 66. The summed E-state index contributed by atoms with van der Waals surface area (Å²) in [4.78, 5) is 72.5. The van der Waals surface area contributed by atoms with E-state index >= 15 is 0 Å². The van der Waals surface area contributed by atoms with Crippen LogP contribution in [0.3, 0.4) is 0 Å². The van der Waals surface area contributed by atoms with Gasteiger partial charge in [0.1, 0.15) is 19.3 Å². The minimum Gasteiger partial charge on any atom is -0.462 e. The van der Waals surface area contributed by atoms with Crippen molar-refractivity contribution < 1.29 is 80.2 Å². The van der Waals surface area contributed by atoms with Gasteiger partial charge in [0.05, 0.1) is 26.4 Å². The van der Waals surface area contributed by atoms with Crippen LogP contribution in [0.2, 0.25) is 0 Å². The standard InChI is InChI=1S/C69H134O17P2/c1-9-62(8)48-40-32-23-19-20-26-36-44-52-69(74)86-65(56-80-67(72)50-42-34-28-27-31-39-47-61(6)7)58-84-88(77,78)82-54-63(70)53-81-87(75,76)83-57-64(85-68(73)51-43-35-25-18-14-13-16-22-30-38-46-60(4)5)55-79-66(71)49-41-33-24-17-12-10-11-15-21-29-37-45-59(2)3/h59-65,70H,9-58H2,1-8H3,(H,75,76)(H,77,78)/t62?,63-,64-,65-/m1/s1. The molecule has 0 bridgehead atoms. The SMILES string of the molecule is CCC(C)CCCCCCCCCCC(=O)O[C@H](COC(=O)CCCCCCCCC(C)C)COP(=O)(O)OC[C@H](O)COP(=O)(O)OC[C@@H](COC(=O)CCCCCCCCCCCCCC(C)C)OC(=O)CCCCCCCCCCCCC(C)C. The zero-order valence-corrected chi connectivity index (χ0v) is 59.1. The van der Waals surface area contributed by atoms with E-state index in [0.717, 1.165) is 114 Å². The number of hydrogen-bond acceptors (Lipinski definition) is 15. The zero-order valence-electron chi connectivity index (χ0n) is 57.3. The number of aliphatic hydroxyl groups is 1. The van der Waals surface area contributed by atoms with Crippen molar-refractivity contribution in [3.05, 3.63) is 0 Å². The van der Waals surface area contributed by atoms with Gasteiger partial charge in [-0.05, 0) is 49.4 Å². The Labute approximate surface area is 537 Å². The van der Waals surface area contributed by atoms with Crippen molar-refractivity contribution in [2.45, 2.75) is 356 Å². The number of phosphoric ester groups is 2. The summed E-state index contributed by atoms with van der Waals surface area (Å²) >= 11 is 0. The lowest BCUT2D eigenvalue weighted by Gasteiger charge is -2.21. The molecule has 0 amide bonds. The largest absolute Gasteiger partial charge is 0.472 e. The van der Waals surface area contributed by atoms with Gasteiger partial charge < -0.3 is 33.8 Å². The number of carbonyl (C=O) groups excluding carboxylic acids is 4. The Morgan fingerprint density at radius 3 is 0.807 bits per heavy atom. The molecule has 0 aliphatic carbocycles. The molecule has 3 unspecified atom stereocenters. The second-order valence-corrected chi connectivity index (χ2v) is 29.5. The highest BCUT2D eigenvalue weighted by Gasteiger charge is 2.30. The smallest absolute Gasteiger partial charge is 0.462 e. The summed E-state index contributed by atoms with van der Waals surface area (Å²) in [6, 6.07) is 0. The fourth-order valence-electron chi connectivity index (χ4n) is 10.3. The van der Waals surface area contributed by atoms with Crippen LogP contribution in [0.25, 0.3) is 0 Å². The highest BCUT2D eigenvalue weighted by Crippen LogP contribution is 2.45. The van der Waals surface area contributed by atoms with Gasteiger partial charge in [-0.3, -0.25) is 37.3 Å². The number of ether oxygens (including phenoxy) is 4. The molecule has 0 aromatic heterocycles. The number of hydrogen-bond donors (Lipinski definition) is 3. The Morgan fingerprint density at radius 1 is 0.318 bits per heavy atom. The fraction of sp³-hybridized carbons (Fsp3) is 0.942. The van der Waals surface area contributed by atoms with E-state index in [2.05, 4.69) is 55.4 Å². The lowest BCUT2D eigenvalue weighted by molar-refractivity contribution is -0.161. The molecule has 0 spiro atoms. The van der Waals surface area contributed by atoms with Crippen LogP contribution < -0.4 is 0 Å². The topological polar surface area (TPSA) is 237 Å². The third kappa shape index (κ3) is 61.6. The van der Waals surface area contributed by atoms with Gasteiger partial charge in [0.2, 0.25) is 0 Å². The maximum absolute atomic E-state index is 13.0. The summed E-state index contributed by atoms with van der Waals surface area (Å²) in [5.74, 6) is 0.839. The van der Waals surface area contributed by atoms with Crippen LogP contribution in [-0.2, 0) is 65.4 Å². The molecule has 6 atom stereocenters. The Balaban J connectivity index is 5.26. The number of carbonyl (C=O) groups is 4. The molecule has 522 valence electrons. The third-order valence-electron chi connectivity index (χ3n) is 16.2. The number of unbranched alkanes of at least 4 members (excludes halogenated alkanes) is 31. The lowest BCUT2D eigenvalue weighted by atomic mass is 9.99. The van der Waals surface area contributed by atoms with Crippen LogP contribution in [0, 0.1) is 23.7 Å². The Kier molecular flexibility index (Phi) is 57.6. The molecule has 0 radical (unpaired) electrons. The maximum Gasteiger partial charge on any atom is 0.472 e. The molecule has 0 aliphatic rings. The molecule has 19 heteroatoms. The first kappa shape index (κ1) is 86.1. The number of aliphatic hydroxyl groups excluding tert-OH is 1. The lowest BCUT2D eigenvalue weighted by Crippen LogP contribution is -2.30. The van der Waals surface area contributed by atoms with Crippen molar-refractivity contribution in [2.24, 2.45) is 23.7 Å². The normalized spacial score (nSPS) is 14.6. The molecule has 88 heavy (non-hydrogen) atoms. The van der Waals surface area contributed by atoms with E-state index in [1.165, 1.54) is 135 Å². The van der Waals surface area contributed by atoms with Crippen LogP contribution in [0.5, 0.6) is 0 Å². The average Bonchev–Trinajstić information content (AvgIpc) is 3.55. The van der Waals surface area contributed by atoms with Gasteiger partial charge in [0, 0.05) is 25.7 Å². The van der Waals surface area contributed by atoms with Crippen molar-refractivity contribution in [1.82, 2.24) is 0 Å². The second kappa shape index (κ2) is 58.8. The van der Waals surface area contributed by atoms with E-state index in [0.29, 0.717) is 31.6 Å². The zero-order chi connectivity index (χ0) is 65.4. The Hall–Kier alpha value is -1.94. The molecule has 0 aromatic carbocycles. The Bertz CT molecular complexity index is 1750. The first-order chi connectivity index (χ1) is 42.1. The second-order valence-electron chi connectivity index (χ2n) is 26.6. The van der Waals surface area contributed by atoms with Gasteiger partial charge in [-0.25, -0.2) is 9.13 Å². The minimum atomic E-state index is -4.95. The summed E-state index contributed by atoms with van der Waals surface area (Å²) in [5.41, 5.74) is 0. The van der Waals surface area contributed by atoms with Gasteiger partial charge in [0.15, 0.2) is 12.2 Å². The van der Waals surface area contributed by atoms with Crippen LogP contribution >= 0.6 is 15.6 Å². The minimum absolute atomic E-state index is 0.103. The van der Waals surface area contributed by atoms with Gasteiger partial charge in [0.25, 0.3) is 0 Å². The molecule has 0 aliphatic heterocycles. The van der Waals surface area contributed by atoms with Gasteiger partial charge in [-0.1, -0.05) is 287 Å². The molecule has 0 saturated heterocycles. The average molecular weight is 1300 g/mol. The molecule has 17 nitrogen and oxygen atoms in total. The summed E-state index contributed by atoms with van der Waals surface area (Å²) in [7, 11) is -9.90. The highest BCUT2D eigenvalue weighted by atomic mass is 31.2. The number of esters is 4. The predicted molar refractivity (Wildman–Crippen MR) is 354 cm³/mol. The predicted octanol–water partition coefficient (Wildman–Crippen LogP) is 19.3. The van der Waals surface area contributed by atoms with Gasteiger partial charge in [-0.2, -0.15) is 0 Å². The monoisotopic (exact) mass is 1300 g/mol. The van der Waals surface area contributed by atoms with E-state index in [9.17, 15) is 43.2 Å². The summed E-state index contributed by atoms with van der Waals surface area (Å²) in [6.07, 6.45) is 40.4. The summed E-state index contributed by atoms with van der Waals surface area (Å²) in [5, 5.41) is 10.6. The van der Waals surface area contributed by atoms with Crippen molar-refractivity contribution in [3.8, 4) is 0 Å². The van der Waals surface area contributed by atoms with Crippen molar-refractivity contribution >= 4 is 39.5 Å². The van der Waals surface area contributed by atoms with Crippen LogP contribution in [-0.4, -0.2) is 96.7 Å². The fourth-order valence-corrected chi connectivity index (χ4v) is 11.9. The summed E-state index contributed by atoms with van der Waals surface area (Å²) in [6.45, 7) is 14.0. The molecular weight excluding hydrogens is 1160 g/mol. The van der Waals surface area contributed by atoms with E-state index in [1.54, 1.807) is 0 Å². The maximum atomic E-state index is 13.0. The highest BCUT2D eigenvalue weighted by molar-refractivity contribution is 7.47. The van der Waals surface area contributed by atoms with Crippen molar-refractivity contribution in [1.29, 1.82) is 0 Å². The molecule has 0 rings (SSSR count). The molecule has 0 fully saturated rings. The van der Waals surface area contributed by atoms with Crippen molar-refractivity contribution in [2.75, 3.05) is 39.6 Å². The number of phosphoric acid groups is 2. The molecule has 0 heterocycles. The van der Waals surface area contributed by atoms with Gasteiger partial charge in [-0.15, -0.1) is 0 Å². The molecule has 0 aromatic rings. The van der Waals surface area contributed by atoms with Gasteiger partial charge >= 0.3 is 39.5 Å². The van der Waals surface area contributed by atoms with E-state index in [4.69, 9.17) is 37.0 Å². The first-order valence-electron chi connectivity index (χ1n) is 35.7. The quantitative estimate of drug-likeness (QED) is 0.0222. The van der Waals surface area contributed by atoms with E-state index in [1.807, 2.05) is 0 Å². The van der Waals surface area contributed by atoms with Crippen molar-refractivity contribution in [3.63, 3.8) is 0 Å². The van der Waals surface area contributed by atoms with Crippen LogP contribution in [0.15, 0.2) is 0 Å². The third-order valence-corrected chi connectivity index (χ3v) is 18.1. The van der Waals surface area contributed by atoms with Crippen LogP contribution in [0.1, 0.15) is 338 Å². The van der Waals surface area contributed by atoms with E-state index in [-0.39, 0.29) is 25.7 Å². The molecular formula is C69H134O17P2. The summed E-state index contributed by atoms with van der Waals surface area (Å²) < 4.78 is 68.2. The molecule has 0 saturated carbocycles. The molecule has 3 N–H and O–H groups in total. The van der Waals surface area contributed by atoms with E-state index < -0.39 is 97.5 Å². The first-order valence-corrected chi connectivity index (χ1v) is 38.7. The Morgan fingerprint density at radius 2 is 0.545 bits per heavy atom.